The van der Waals surface area contributed by atoms with Crippen LogP contribution in [-0.2, 0) is 27.2 Å². The molecule has 25 heavy (non-hydrogen) atoms. The summed E-state index contributed by atoms with van der Waals surface area (Å²) < 4.78 is 4.79. The highest BCUT2D eigenvalue weighted by atomic mass is 16.6. The van der Waals surface area contributed by atoms with Crippen molar-refractivity contribution in [2.45, 2.75) is 24.9 Å². The normalized spacial score (nSPS) is 13.0. The number of anilines is 2. The Kier molecular flexibility index (Phi) is 6.10. The van der Waals surface area contributed by atoms with Crippen molar-refractivity contribution in [1.29, 1.82) is 0 Å². The molecule has 0 amide bonds. The zero-order valence-electron chi connectivity index (χ0n) is 13.7. The first-order valence-corrected chi connectivity index (χ1v) is 7.81. The molecule has 132 valence electrons. The molecule has 0 saturated carbocycles. The molecular weight excluding hydrogens is 320 g/mol. The summed E-state index contributed by atoms with van der Waals surface area (Å²) in [7, 11) is 0. The lowest BCUT2D eigenvalue weighted by Gasteiger charge is -2.14. The number of hydrogen-bond acceptors (Lipinski definition) is 7. The molecule has 2 aromatic rings. The Morgan fingerprint density at radius 3 is 2.16 bits per heavy atom. The number of carbonyl (C=O) groups is 2. The highest BCUT2D eigenvalue weighted by Gasteiger charge is 2.24. The highest BCUT2D eigenvalue weighted by Crippen LogP contribution is 2.13. The number of nitrogen functional groups attached to an aromatic ring is 2. The van der Waals surface area contributed by atoms with Gasteiger partial charge in [0, 0.05) is 17.8 Å². The second kappa shape index (κ2) is 8.27. The van der Waals surface area contributed by atoms with Crippen molar-refractivity contribution in [3.63, 3.8) is 0 Å². The maximum absolute atomic E-state index is 12.0. The van der Waals surface area contributed by atoms with E-state index in [1.165, 1.54) is 0 Å². The quantitative estimate of drug-likeness (QED) is 0.336. The van der Waals surface area contributed by atoms with E-state index >= 15 is 0 Å². The van der Waals surface area contributed by atoms with Crippen LogP contribution in [0.2, 0.25) is 0 Å². The number of benzene rings is 2. The minimum absolute atomic E-state index is 0.170. The Morgan fingerprint density at radius 1 is 0.880 bits per heavy atom. The van der Waals surface area contributed by atoms with E-state index in [-0.39, 0.29) is 12.8 Å². The molecule has 0 heterocycles. The first-order chi connectivity index (χ1) is 11.9. The lowest BCUT2D eigenvalue weighted by Crippen LogP contribution is -2.41. The largest absolute Gasteiger partial charge is 0.399 e. The van der Waals surface area contributed by atoms with Gasteiger partial charge in [-0.2, -0.15) is 0 Å². The van der Waals surface area contributed by atoms with Crippen molar-refractivity contribution in [2.75, 3.05) is 11.5 Å². The van der Waals surface area contributed by atoms with E-state index in [4.69, 9.17) is 27.7 Å². The van der Waals surface area contributed by atoms with E-state index in [0.29, 0.717) is 16.9 Å². The van der Waals surface area contributed by atoms with Crippen LogP contribution < -0.4 is 22.9 Å². The predicted molar refractivity (Wildman–Crippen MR) is 96.2 cm³/mol. The van der Waals surface area contributed by atoms with Crippen LogP contribution in [-0.4, -0.2) is 24.0 Å². The molecule has 0 aliphatic carbocycles. The van der Waals surface area contributed by atoms with Crippen LogP contribution in [0.25, 0.3) is 0 Å². The van der Waals surface area contributed by atoms with Crippen molar-refractivity contribution in [3.05, 3.63) is 59.7 Å². The third kappa shape index (κ3) is 5.30. The second-order valence-electron chi connectivity index (χ2n) is 5.81. The third-order valence-corrected chi connectivity index (χ3v) is 3.71. The average Bonchev–Trinajstić information content (AvgIpc) is 2.56. The maximum Gasteiger partial charge on any atom is 0.330 e. The van der Waals surface area contributed by atoms with E-state index in [2.05, 4.69) is 0 Å². The molecule has 0 aliphatic rings. The number of para-hydroxylation sites is 1. The van der Waals surface area contributed by atoms with Gasteiger partial charge in [-0.15, -0.1) is 0 Å². The Bertz CT molecular complexity index is 763. The summed E-state index contributed by atoms with van der Waals surface area (Å²) in [6.45, 7) is 0. The summed E-state index contributed by atoms with van der Waals surface area (Å²) in [5.74, 6) is -1.67. The number of carbonyl (C=O) groups excluding carboxylic acids is 2. The Balaban J connectivity index is 1.90. The van der Waals surface area contributed by atoms with Crippen LogP contribution in [0, 0.1) is 0 Å². The molecular formula is C18H22N4O3. The topological polar surface area (TPSA) is 147 Å². The SMILES string of the molecule is Nc1cccc(C[C@H](N)C(=O)OC(=O)[C@@H](N)Cc2ccccc2N)c1. The molecule has 0 aromatic heterocycles. The minimum atomic E-state index is -1.01. The smallest absolute Gasteiger partial charge is 0.330 e. The fourth-order valence-electron chi connectivity index (χ4n) is 2.35. The van der Waals surface area contributed by atoms with E-state index in [0.717, 1.165) is 5.56 Å². The van der Waals surface area contributed by atoms with E-state index in [1.54, 1.807) is 48.5 Å². The molecule has 2 aromatic carbocycles. The standard InChI is InChI=1S/C18H22N4O3/c19-13-6-3-4-11(8-13)9-15(21)17(23)25-18(24)16(22)10-12-5-1-2-7-14(12)20/h1-8,15-16H,9-10,19-22H2/t15-,16-/m0/s1. The molecule has 2 rings (SSSR count). The molecule has 0 aliphatic heterocycles. The molecule has 7 nitrogen and oxygen atoms in total. The molecule has 0 spiro atoms. The summed E-state index contributed by atoms with van der Waals surface area (Å²) in [6.07, 6.45) is 0.376. The van der Waals surface area contributed by atoms with Crippen molar-refractivity contribution in [2.24, 2.45) is 11.5 Å². The molecule has 0 saturated heterocycles. The van der Waals surface area contributed by atoms with Crippen LogP contribution in [0.15, 0.2) is 48.5 Å². The summed E-state index contributed by atoms with van der Waals surface area (Å²) in [4.78, 5) is 24.0. The molecule has 8 N–H and O–H groups in total. The van der Waals surface area contributed by atoms with Gasteiger partial charge in [-0.3, -0.25) is 0 Å². The van der Waals surface area contributed by atoms with Crippen LogP contribution in [0.1, 0.15) is 11.1 Å². The first-order valence-electron chi connectivity index (χ1n) is 7.81. The molecule has 0 bridgehead atoms. The molecule has 2 atom stereocenters. The lowest BCUT2D eigenvalue weighted by molar-refractivity contribution is -0.161. The molecule has 0 fully saturated rings. The fraction of sp³-hybridized carbons (Fsp3) is 0.222. The van der Waals surface area contributed by atoms with Crippen LogP contribution >= 0.6 is 0 Å². The number of rotatable bonds is 6. The Labute approximate surface area is 145 Å². The van der Waals surface area contributed by atoms with Gasteiger partial charge in [0.2, 0.25) is 0 Å². The van der Waals surface area contributed by atoms with Gasteiger partial charge in [-0.05, 0) is 35.7 Å². The van der Waals surface area contributed by atoms with Gasteiger partial charge in [0.05, 0.1) is 0 Å². The van der Waals surface area contributed by atoms with Crippen LogP contribution in [0.3, 0.4) is 0 Å². The van der Waals surface area contributed by atoms with Gasteiger partial charge >= 0.3 is 11.9 Å². The zero-order valence-corrected chi connectivity index (χ0v) is 13.7. The highest BCUT2D eigenvalue weighted by molar-refractivity contribution is 5.91. The van der Waals surface area contributed by atoms with Crippen molar-refractivity contribution in [1.82, 2.24) is 0 Å². The number of hydrogen-bond donors (Lipinski definition) is 4. The Hall–Kier alpha value is -2.90. The summed E-state index contributed by atoms with van der Waals surface area (Å²) in [5.41, 5.74) is 25.7. The van der Waals surface area contributed by atoms with E-state index < -0.39 is 24.0 Å². The van der Waals surface area contributed by atoms with Crippen molar-refractivity contribution >= 4 is 23.3 Å². The maximum atomic E-state index is 12.0. The van der Waals surface area contributed by atoms with Crippen LogP contribution in [0.5, 0.6) is 0 Å². The first kappa shape index (κ1) is 18.4. The third-order valence-electron chi connectivity index (χ3n) is 3.71. The van der Waals surface area contributed by atoms with Gasteiger partial charge in [0.15, 0.2) is 0 Å². The van der Waals surface area contributed by atoms with Gasteiger partial charge in [0.25, 0.3) is 0 Å². The van der Waals surface area contributed by atoms with E-state index in [9.17, 15) is 9.59 Å². The van der Waals surface area contributed by atoms with Gasteiger partial charge in [-0.25, -0.2) is 9.59 Å². The average molecular weight is 342 g/mol. The monoisotopic (exact) mass is 342 g/mol. The number of ether oxygens (including phenoxy) is 1. The predicted octanol–water partition coefficient (Wildman–Crippen LogP) is 0.361. The summed E-state index contributed by atoms with van der Waals surface area (Å²) >= 11 is 0. The van der Waals surface area contributed by atoms with E-state index in [1.807, 2.05) is 0 Å². The van der Waals surface area contributed by atoms with Crippen LogP contribution in [0.4, 0.5) is 11.4 Å². The molecule has 7 heteroatoms. The summed E-state index contributed by atoms with van der Waals surface area (Å²) in [5, 5.41) is 0. The second-order valence-corrected chi connectivity index (χ2v) is 5.81. The fourth-order valence-corrected chi connectivity index (χ4v) is 2.35. The zero-order chi connectivity index (χ0) is 18.4. The molecule has 0 unspecified atom stereocenters. The summed E-state index contributed by atoms with van der Waals surface area (Å²) in [6, 6.07) is 12.0. The van der Waals surface area contributed by atoms with Crippen molar-refractivity contribution in [3.8, 4) is 0 Å². The number of nitrogens with two attached hydrogens (primary N) is 4. The molecule has 0 radical (unpaired) electrons. The van der Waals surface area contributed by atoms with Gasteiger partial charge < -0.3 is 27.7 Å². The lowest BCUT2D eigenvalue weighted by atomic mass is 10.0. The van der Waals surface area contributed by atoms with Crippen molar-refractivity contribution < 1.29 is 14.3 Å². The van der Waals surface area contributed by atoms with Gasteiger partial charge in [0.1, 0.15) is 12.1 Å². The minimum Gasteiger partial charge on any atom is -0.399 e. The Morgan fingerprint density at radius 2 is 1.52 bits per heavy atom. The van der Waals surface area contributed by atoms with Gasteiger partial charge in [-0.1, -0.05) is 30.3 Å². The number of esters is 2.